The van der Waals surface area contributed by atoms with Gasteiger partial charge in [0.05, 0.1) is 17.3 Å². The number of hydrogen-bond donors (Lipinski definition) is 1. The van der Waals surface area contributed by atoms with Crippen molar-refractivity contribution in [3.63, 3.8) is 0 Å². The largest absolute Gasteiger partial charge is 0.452 e. The number of aromatic nitrogens is 2. The van der Waals surface area contributed by atoms with Gasteiger partial charge < -0.3 is 9.40 Å². The summed E-state index contributed by atoms with van der Waals surface area (Å²) >= 11 is 0. The summed E-state index contributed by atoms with van der Waals surface area (Å²) in [6, 6.07) is 9.16. The standard InChI is InChI=1S/C17H19N3O3S/c1-12-6-7-14-15(10-12)19-17(18-14)13-4-2-8-20(11-13)24(21,22)16-5-3-9-23-16/h3,5-7,9-10,13H,2,4,8,11H2,1H3,(H,18,19). The zero-order chi connectivity index (χ0) is 16.7. The Bertz CT molecular complexity index is 960. The first-order valence-corrected chi connectivity index (χ1v) is 9.48. The van der Waals surface area contributed by atoms with E-state index in [1.807, 2.05) is 19.1 Å². The minimum absolute atomic E-state index is 0.00313. The monoisotopic (exact) mass is 345 g/mol. The minimum atomic E-state index is -3.57. The van der Waals surface area contributed by atoms with Crippen LogP contribution in [-0.4, -0.2) is 35.8 Å². The molecule has 1 fully saturated rings. The Morgan fingerprint density at radius 3 is 3.00 bits per heavy atom. The van der Waals surface area contributed by atoms with Crippen molar-refractivity contribution in [3.05, 3.63) is 48.0 Å². The van der Waals surface area contributed by atoms with Gasteiger partial charge >= 0.3 is 0 Å². The summed E-state index contributed by atoms with van der Waals surface area (Å²) < 4.78 is 31.9. The van der Waals surface area contributed by atoms with Gasteiger partial charge in [0.25, 0.3) is 10.0 Å². The summed E-state index contributed by atoms with van der Waals surface area (Å²) in [6.45, 7) is 2.97. The van der Waals surface area contributed by atoms with Gasteiger partial charge in [-0.25, -0.2) is 13.4 Å². The first-order chi connectivity index (χ1) is 11.5. The third kappa shape index (κ3) is 2.63. The van der Waals surface area contributed by atoms with Crippen LogP contribution in [0.15, 0.2) is 46.1 Å². The average Bonchev–Trinajstić information content (AvgIpc) is 3.24. The molecule has 1 aromatic carbocycles. The van der Waals surface area contributed by atoms with E-state index in [4.69, 9.17) is 4.42 Å². The lowest BCUT2D eigenvalue weighted by atomic mass is 9.99. The summed E-state index contributed by atoms with van der Waals surface area (Å²) in [4.78, 5) is 8.01. The van der Waals surface area contributed by atoms with Gasteiger partial charge in [-0.3, -0.25) is 0 Å². The second-order valence-corrected chi connectivity index (χ2v) is 8.15. The molecule has 7 heteroatoms. The van der Waals surface area contributed by atoms with Crippen molar-refractivity contribution >= 4 is 21.1 Å². The number of furan rings is 1. The number of hydrogen-bond acceptors (Lipinski definition) is 4. The van der Waals surface area contributed by atoms with Crippen molar-refractivity contribution in [1.29, 1.82) is 0 Å². The first kappa shape index (κ1) is 15.4. The van der Waals surface area contributed by atoms with Gasteiger partial charge in [0.1, 0.15) is 5.82 Å². The molecule has 3 aromatic rings. The molecule has 126 valence electrons. The molecule has 4 rings (SSSR count). The van der Waals surface area contributed by atoms with Crippen LogP contribution in [0.1, 0.15) is 30.1 Å². The molecule has 1 atom stereocenters. The molecule has 1 aliphatic rings. The predicted molar refractivity (Wildman–Crippen MR) is 90.3 cm³/mol. The van der Waals surface area contributed by atoms with Crippen LogP contribution in [0, 0.1) is 6.92 Å². The van der Waals surface area contributed by atoms with Crippen LogP contribution in [0.5, 0.6) is 0 Å². The maximum absolute atomic E-state index is 12.6. The Morgan fingerprint density at radius 1 is 1.33 bits per heavy atom. The number of piperidine rings is 1. The highest BCUT2D eigenvalue weighted by atomic mass is 32.2. The lowest BCUT2D eigenvalue weighted by Gasteiger charge is -2.30. The highest BCUT2D eigenvalue weighted by Gasteiger charge is 2.33. The van der Waals surface area contributed by atoms with E-state index < -0.39 is 10.0 Å². The molecular weight excluding hydrogens is 326 g/mol. The number of aryl methyl sites for hydroxylation is 1. The summed E-state index contributed by atoms with van der Waals surface area (Å²) in [5.41, 5.74) is 3.08. The SMILES string of the molecule is Cc1ccc2nc(C3CCCN(S(=O)(=O)c4ccco4)C3)[nH]c2c1. The average molecular weight is 345 g/mol. The van der Waals surface area contributed by atoms with Crippen LogP contribution in [0.4, 0.5) is 0 Å². The summed E-state index contributed by atoms with van der Waals surface area (Å²) in [5.74, 6) is 0.922. The fraction of sp³-hybridized carbons (Fsp3) is 0.353. The van der Waals surface area contributed by atoms with E-state index in [-0.39, 0.29) is 11.0 Å². The zero-order valence-corrected chi connectivity index (χ0v) is 14.2. The van der Waals surface area contributed by atoms with Gasteiger partial charge in [-0.05, 0) is 49.6 Å². The number of fused-ring (bicyclic) bond motifs is 1. The quantitative estimate of drug-likeness (QED) is 0.791. The first-order valence-electron chi connectivity index (χ1n) is 8.04. The maximum Gasteiger partial charge on any atom is 0.276 e. The summed E-state index contributed by atoms with van der Waals surface area (Å²) in [6.07, 6.45) is 3.11. The molecule has 0 saturated carbocycles. The van der Waals surface area contributed by atoms with Gasteiger partial charge in [-0.2, -0.15) is 4.31 Å². The Labute approximate surface area is 140 Å². The van der Waals surface area contributed by atoms with Gasteiger partial charge in [-0.15, -0.1) is 0 Å². The van der Waals surface area contributed by atoms with Crippen LogP contribution in [0.2, 0.25) is 0 Å². The van der Waals surface area contributed by atoms with Crippen LogP contribution >= 0.6 is 0 Å². The van der Waals surface area contributed by atoms with Crippen molar-refractivity contribution in [1.82, 2.24) is 14.3 Å². The lowest BCUT2D eigenvalue weighted by molar-refractivity contribution is 0.301. The number of sulfonamides is 1. The van der Waals surface area contributed by atoms with Crippen molar-refractivity contribution < 1.29 is 12.8 Å². The topological polar surface area (TPSA) is 79.2 Å². The van der Waals surface area contributed by atoms with Gasteiger partial charge in [0.15, 0.2) is 0 Å². The van der Waals surface area contributed by atoms with Crippen molar-refractivity contribution in [3.8, 4) is 0 Å². The predicted octanol–water partition coefficient (Wildman–Crippen LogP) is 3.03. The molecular formula is C17H19N3O3S. The fourth-order valence-corrected chi connectivity index (χ4v) is 4.69. The fourth-order valence-electron chi connectivity index (χ4n) is 3.26. The Balaban J connectivity index is 1.62. The van der Waals surface area contributed by atoms with Crippen LogP contribution in [0.3, 0.4) is 0 Å². The van der Waals surface area contributed by atoms with E-state index >= 15 is 0 Å². The van der Waals surface area contributed by atoms with Crippen molar-refractivity contribution in [2.45, 2.75) is 30.8 Å². The van der Waals surface area contributed by atoms with Crippen molar-refractivity contribution in [2.24, 2.45) is 0 Å². The number of rotatable bonds is 3. The molecule has 6 nitrogen and oxygen atoms in total. The van der Waals surface area contributed by atoms with Gasteiger partial charge in [0, 0.05) is 19.0 Å². The normalized spacial score (nSPS) is 19.8. The van der Waals surface area contributed by atoms with E-state index in [9.17, 15) is 8.42 Å². The number of nitrogens with zero attached hydrogens (tertiary/aromatic N) is 2. The Kier molecular flexibility index (Phi) is 3.69. The lowest BCUT2D eigenvalue weighted by Crippen LogP contribution is -2.39. The molecule has 0 spiro atoms. The summed E-state index contributed by atoms with van der Waals surface area (Å²) in [7, 11) is -3.57. The van der Waals surface area contributed by atoms with E-state index in [0.29, 0.717) is 13.1 Å². The smallest absolute Gasteiger partial charge is 0.276 e. The molecule has 1 aliphatic heterocycles. The van der Waals surface area contributed by atoms with Crippen molar-refractivity contribution in [2.75, 3.05) is 13.1 Å². The second kappa shape index (κ2) is 5.75. The molecule has 0 amide bonds. The Hall–Kier alpha value is -2.12. The number of H-pyrrole nitrogens is 1. The zero-order valence-electron chi connectivity index (χ0n) is 13.4. The molecule has 3 heterocycles. The second-order valence-electron chi connectivity index (χ2n) is 6.28. The molecule has 1 unspecified atom stereocenters. The van der Waals surface area contributed by atoms with E-state index in [2.05, 4.69) is 16.0 Å². The third-order valence-electron chi connectivity index (χ3n) is 4.52. The third-order valence-corrected chi connectivity index (χ3v) is 6.27. The molecule has 0 aliphatic carbocycles. The van der Waals surface area contributed by atoms with E-state index in [1.165, 1.54) is 22.2 Å². The van der Waals surface area contributed by atoms with Crippen LogP contribution in [0.25, 0.3) is 11.0 Å². The maximum atomic E-state index is 12.6. The molecule has 0 radical (unpaired) electrons. The number of nitrogens with one attached hydrogen (secondary N) is 1. The van der Waals surface area contributed by atoms with Crippen LogP contribution in [-0.2, 0) is 10.0 Å². The van der Waals surface area contributed by atoms with E-state index in [0.717, 1.165) is 29.7 Å². The Morgan fingerprint density at radius 2 is 2.21 bits per heavy atom. The van der Waals surface area contributed by atoms with Gasteiger partial charge in [0.2, 0.25) is 5.09 Å². The number of benzene rings is 1. The molecule has 2 aromatic heterocycles. The number of aromatic amines is 1. The number of imidazole rings is 1. The molecule has 24 heavy (non-hydrogen) atoms. The summed E-state index contributed by atoms with van der Waals surface area (Å²) in [5, 5.41) is 0.00313. The van der Waals surface area contributed by atoms with Crippen LogP contribution < -0.4 is 0 Å². The molecule has 1 saturated heterocycles. The highest BCUT2D eigenvalue weighted by molar-refractivity contribution is 7.89. The van der Waals surface area contributed by atoms with Gasteiger partial charge in [-0.1, -0.05) is 6.07 Å². The highest BCUT2D eigenvalue weighted by Crippen LogP contribution is 2.30. The molecule has 0 bridgehead atoms. The van der Waals surface area contributed by atoms with E-state index in [1.54, 1.807) is 6.07 Å². The molecule has 1 N–H and O–H groups in total. The minimum Gasteiger partial charge on any atom is -0.452 e.